The van der Waals surface area contributed by atoms with Gasteiger partial charge in [-0.15, -0.1) is 11.3 Å². The van der Waals surface area contributed by atoms with E-state index in [-0.39, 0.29) is 11.8 Å². The van der Waals surface area contributed by atoms with Crippen molar-refractivity contribution in [1.82, 2.24) is 9.80 Å². The van der Waals surface area contributed by atoms with Gasteiger partial charge in [-0.2, -0.15) is 0 Å². The molecule has 1 aliphatic carbocycles. The minimum atomic E-state index is -0.184. The molecule has 7 rings (SSSR count). The molecule has 0 atom stereocenters. The molecule has 5 nitrogen and oxygen atoms in total. The molecule has 2 aliphatic heterocycles. The van der Waals surface area contributed by atoms with E-state index in [1.165, 1.54) is 20.7 Å². The number of anilines is 1. The van der Waals surface area contributed by atoms with Crippen LogP contribution in [0, 0.1) is 0 Å². The largest absolute Gasteiger partial charge is 0.368 e. The Kier molecular flexibility index (Phi) is 5.19. The predicted molar refractivity (Wildman–Crippen MR) is 144 cm³/mol. The second-order valence-electron chi connectivity index (χ2n) is 10.0. The highest BCUT2D eigenvalue weighted by Crippen LogP contribution is 2.35. The van der Waals surface area contributed by atoms with Gasteiger partial charge in [0.15, 0.2) is 0 Å². The van der Waals surface area contributed by atoms with Crippen LogP contribution in [-0.4, -0.2) is 53.8 Å². The summed E-state index contributed by atoms with van der Waals surface area (Å²) in [5, 5.41) is 1.15. The molecule has 0 bridgehead atoms. The van der Waals surface area contributed by atoms with Crippen LogP contribution < -0.4 is 4.90 Å². The van der Waals surface area contributed by atoms with Gasteiger partial charge in [0.1, 0.15) is 0 Å². The third-order valence-corrected chi connectivity index (χ3v) is 9.07. The van der Waals surface area contributed by atoms with Crippen LogP contribution in [0.1, 0.15) is 36.7 Å². The number of thiophene rings is 1. The van der Waals surface area contributed by atoms with Gasteiger partial charge in [-0.1, -0.05) is 48.5 Å². The predicted octanol–water partition coefficient (Wildman–Crippen LogP) is 4.99. The number of fused-ring (bicyclic) bond motifs is 3. The van der Waals surface area contributed by atoms with Crippen molar-refractivity contribution in [2.45, 2.75) is 25.4 Å². The minimum absolute atomic E-state index is 0.170. The van der Waals surface area contributed by atoms with E-state index in [1.807, 2.05) is 24.3 Å². The zero-order chi connectivity index (χ0) is 24.2. The van der Waals surface area contributed by atoms with E-state index < -0.39 is 0 Å². The summed E-state index contributed by atoms with van der Waals surface area (Å²) in [6.07, 6.45) is 2.24. The monoisotopic (exact) mass is 493 g/mol. The zero-order valence-electron chi connectivity index (χ0n) is 20.0. The van der Waals surface area contributed by atoms with E-state index in [1.54, 1.807) is 17.4 Å². The van der Waals surface area contributed by atoms with E-state index in [0.29, 0.717) is 23.7 Å². The zero-order valence-corrected chi connectivity index (χ0v) is 20.8. The number of benzene rings is 3. The molecule has 0 unspecified atom stereocenters. The number of piperazine rings is 1. The lowest BCUT2D eigenvalue weighted by atomic mass is 10.1. The van der Waals surface area contributed by atoms with Gasteiger partial charge in [0.05, 0.1) is 23.4 Å². The molecule has 0 saturated carbocycles. The Hall–Kier alpha value is -3.48. The Morgan fingerprint density at radius 3 is 2.25 bits per heavy atom. The van der Waals surface area contributed by atoms with Gasteiger partial charge in [0, 0.05) is 41.8 Å². The topological polar surface area (TPSA) is 43.9 Å². The van der Waals surface area contributed by atoms with Crippen molar-refractivity contribution in [2.24, 2.45) is 0 Å². The van der Waals surface area contributed by atoms with Crippen molar-refractivity contribution < 1.29 is 9.59 Å². The maximum Gasteiger partial charge on any atom is 0.264 e. The minimum Gasteiger partial charge on any atom is -0.368 e. The average Bonchev–Trinajstić information content (AvgIpc) is 3.60. The second kappa shape index (κ2) is 8.57. The van der Waals surface area contributed by atoms with Gasteiger partial charge in [0.25, 0.3) is 11.8 Å². The molecule has 1 fully saturated rings. The molecule has 3 aliphatic rings. The number of carbonyl (C=O) groups excluding carboxylic acids is 2. The Labute approximate surface area is 214 Å². The quantitative estimate of drug-likeness (QED) is 0.376. The Morgan fingerprint density at radius 1 is 0.778 bits per heavy atom. The number of carbonyl (C=O) groups is 2. The van der Waals surface area contributed by atoms with Crippen LogP contribution >= 0.6 is 11.3 Å². The SMILES string of the molecule is O=C1c2cccc(N3CCN(C4Cc5ccccc5C4)CC3)c2C(=O)N1Cc1cc2ccccc2s1. The highest BCUT2D eigenvalue weighted by atomic mass is 32.1. The maximum atomic E-state index is 13.6. The first-order valence-electron chi connectivity index (χ1n) is 12.7. The summed E-state index contributed by atoms with van der Waals surface area (Å²) >= 11 is 1.64. The lowest BCUT2D eigenvalue weighted by molar-refractivity contribution is 0.0644. The van der Waals surface area contributed by atoms with Crippen molar-refractivity contribution in [3.63, 3.8) is 0 Å². The summed E-state index contributed by atoms with van der Waals surface area (Å²) in [6, 6.07) is 25.3. The first kappa shape index (κ1) is 21.8. The molecule has 1 saturated heterocycles. The van der Waals surface area contributed by atoms with E-state index >= 15 is 0 Å². The molecule has 2 amide bonds. The van der Waals surface area contributed by atoms with E-state index in [0.717, 1.165) is 55.0 Å². The molecule has 180 valence electrons. The number of hydrogen-bond donors (Lipinski definition) is 0. The lowest BCUT2D eigenvalue weighted by Gasteiger charge is -2.39. The summed E-state index contributed by atoms with van der Waals surface area (Å²) < 4.78 is 1.17. The summed E-state index contributed by atoms with van der Waals surface area (Å²) in [7, 11) is 0. The highest BCUT2D eigenvalue weighted by molar-refractivity contribution is 7.19. The van der Waals surface area contributed by atoms with Crippen molar-refractivity contribution in [2.75, 3.05) is 31.1 Å². The molecule has 6 heteroatoms. The summed E-state index contributed by atoms with van der Waals surface area (Å²) in [5.41, 5.74) is 4.97. The Bertz CT molecular complexity index is 1440. The molecule has 4 aromatic rings. The summed E-state index contributed by atoms with van der Waals surface area (Å²) in [6.45, 7) is 3.98. The smallest absolute Gasteiger partial charge is 0.264 e. The third-order valence-electron chi connectivity index (χ3n) is 7.97. The van der Waals surface area contributed by atoms with E-state index in [9.17, 15) is 9.59 Å². The lowest BCUT2D eigenvalue weighted by Crippen LogP contribution is -2.51. The molecule has 0 spiro atoms. The van der Waals surface area contributed by atoms with Gasteiger partial charge in [-0.3, -0.25) is 19.4 Å². The van der Waals surface area contributed by atoms with Crippen molar-refractivity contribution >= 4 is 38.9 Å². The van der Waals surface area contributed by atoms with Crippen LogP contribution in [0.3, 0.4) is 0 Å². The molecule has 0 N–H and O–H groups in total. The van der Waals surface area contributed by atoms with Gasteiger partial charge < -0.3 is 4.90 Å². The first-order chi connectivity index (χ1) is 17.7. The molecule has 36 heavy (non-hydrogen) atoms. The Morgan fingerprint density at radius 2 is 1.50 bits per heavy atom. The van der Waals surface area contributed by atoms with Crippen molar-refractivity contribution in [1.29, 1.82) is 0 Å². The number of nitrogens with zero attached hydrogens (tertiary/aromatic N) is 3. The fraction of sp³-hybridized carbons (Fsp3) is 0.267. The van der Waals surface area contributed by atoms with Crippen LogP contribution in [-0.2, 0) is 19.4 Å². The van der Waals surface area contributed by atoms with Crippen molar-refractivity contribution in [3.8, 4) is 0 Å². The highest BCUT2D eigenvalue weighted by Gasteiger charge is 2.39. The van der Waals surface area contributed by atoms with E-state index in [2.05, 4.69) is 52.3 Å². The van der Waals surface area contributed by atoms with Crippen LogP contribution in [0.25, 0.3) is 10.1 Å². The molecule has 1 aromatic heterocycles. The van der Waals surface area contributed by atoms with Gasteiger partial charge in [-0.05, 0) is 53.6 Å². The number of amides is 2. The fourth-order valence-electron chi connectivity index (χ4n) is 6.12. The summed E-state index contributed by atoms with van der Waals surface area (Å²) in [4.78, 5) is 34.2. The maximum absolute atomic E-state index is 13.6. The second-order valence-corrected chi connectivity index (χ2v) is 11.2. The molecular weight excluding hydrogens is 466 g/mol. The van der Waals surface area contributed by atoms with Crippen molar-refractivity contribution in [3.05, 3.63) is 99.9 Å². The molecule has 0 radical (unpaired) electrons. The number of imide groups is 1. The average molecular weight is 494 g/mol. The normalized spacial score (nSPS) is 18.3. The molecule has 3 aromatic carbocycles. The standard InChI is InChI=1S/C30H27N3O2S/c34-29-25-9-5-10-26(28(25)30(35)33(29)19-24-18-22-8-3-4-11-27(22)36-24)32-14-12-31(13-15-32)23-16-20-6-1-2-7-21(20)17-23/h1-11,18,23H,12-17,19H2. The third kappa shape index (κ3) is 3.55. The van der Waals surface area contributed by atoms with Crippen LogP contribution in [0.15, 0.2) is 72.8 Å². The van der Waals surface area contributed by atoms with Gasteiger partial charge >= 0.3 is 0 Å². The van der Waals surface area contributed by atoms with Gasteiger partial charge in [0.2, 0.25) is 0 Å². The van der Waals surface area contributed by atoms with Crippen LogP contribution in [0.4, 0.5) is 5.69 Å². The Balaban J connectivity index is 1.08. The van der Waals surface area contributed by atoms with E-state index in [4.69, 9.17) is 0 Å². The fourth-order valence-corrected chi connectivity index (χ4v) is 7.17. The first-order valence-corrected chi connectivity index (χ1v) is 13.5. The molecular formula is C30H27N3O2S. The van der Waals surface area contributed by atoms with Crippen LogP contribution in [0.2, 0.25) is 0 Å². The number of rotatable bonds is 4. The van der Waals surface area contributed by atoms with Crippen LogP contribution in [0.5, 0.6) is 0 Å². The van der Waals surface area contributed by atoms with Gasteiger partial charge in [-0.25, -0.2) is 0 Å². The summed E-state index contributed by atoms with van der Waals surface area (Å²) in [5.74, 6) is -0.353. The molecule has 3 heterocycles. The number of hydrogen-bond acceptors (Lipinski definition) is 5.